The van der Waals surface area contributed by atoms with E-state index < -0.39 is 11.7 Å². The Morgan fingerprint density at radius 2 is 1.89 bits per heavy atom. The zero-order chi connectivity index (χ0) is 19.8. The van der Waals surface area contributed by atoms with Gasteiger partial charge in [-0.15, -0.1) is 0 Å². The van der Waals surface area contributed by atoms with Crippen LogP contribution in [0.3, 0.4) is 0 Å². The lowest BCUT2D eigenvalue weighted by Gasteiger charge is -2.25. The molecule has 0 radical (unpaired) electrons. The summed E-state index contributed by atoms with van der Waals surface area (Å²) in [5.74, 6) is 0.253. The van der Waals surface area contributed by atoms with Crippen LogP contribution < -0.4 is 5.32 Å². The normalized spacial score (nSPS) is 18.0. The molecule has 2 aromatic rings. The Labute approximate surface area is 155 Å². The van der Waals surface area contributed by atoms with Gasteiger partial charge in [-0.1, -0.05) is 38.1 Å². The third-order valence-corrected chi connectivity index (χ3v) is 4.65. The minimum absolute atomic E-state index is 0.205. The van der Waals surface area contributed by atoms with Crippen molar-refractivity contribution in [3.63, 3.8) is 0 Å². The number of rotatable bonds is 2. The molecular weight excluding hydrogens is 359 g/mol. The van der Waals surface area contributed by atoms with Crippen LogP contribution in [0.5, 0.6) is 0 Å². The molecule has 3 rings (SSSR count). The largest absolute Gasteiger partial charge is 0.416 e. The second kappa shape index (κ2) is 6.90. The average molecular weight is 381 g/mol. The third kappa shape index (κ3) is 4.26. The van der Waals surface area contributed by atoms with Crippen molar-refractivity contribution in [3.05, 3.63) is 47.2 Å². The van der Waals surface area contributed by atoms with Crippen molar-refractivity contribution in [2.24, 2.45) is 0 Å². The lowest BCUT2D eigenvalue weighted by Crippen LogP contribution is -2.34. The first-order valence-electron chi connectivity index (χ1n) is 8.78. The van der Waals surface area contributed by atoms with Crippen LogP contribution in [-0.4, -0.2) is 22.6 Å². The molecule has 1 aliphatic heterocycles. The molecule has 1 aliphatic rings. The van der Waals surface area contributed by atoms with Crippen LogP contribution in [-0.2, 0) is 11.6 Å². The van der Waals surface area contributed by atoms with Crippen LogP contribution in [0.1, 0.15) is 56.5 Å². The van der Waals surface area contributed by atoms with E-state index in [1.54, 1.807) is 11.0 Å². The van der Waals surface area contributed by atoms with E-state index in [1.165, 1.54) is 12.1 Å². The molecule has 0 bridgehead atoms. The summed E-state index contributed by atoms with van der Waals surface area (Å²) in [4.78, 5) is 14.2. The summed E-state index contributed by atoms with van der Waals surface area (Å²) in [5.41, 5.74) is 0.502. The van der Waals surface area contributed by atoms with Gasteiger partial charge in [0.15, 0.2) is 0 Å². The van der Waals surface area contributed by atoms with E-state index >= 15 is 0 Å². The van der Waals surface area contributed by atoms with Gasteiger partial charge in [0.1, 0.15) is 0 Å². The number of hydrogen-bond acceptors (Lipinski definition) is 3. The predicted molar refractivity (Wildman–Crippen MR) is 94.3 cm³/mol. The minimum atomic E-state index is -4.37. The molecule has 2 amide bonds. The molecule has 5 nitrogen and oxygen atoms in total. The molecular formula is C19H22F3N3O2. The summed E-state index contributed by atoms with van der Waals surface area (Å²) >= 11 is 0. The van der Waals surface area contributed by atoms with E-state index in [2.05, 4.69) is 10.5 Å². The van der Waals surface area contributed by atoms with Crippen LogP contribution in [0.25, 0.3) is 0 Å². The summed E-state index contributed by atoms with van der Waals surface area (Å²) in [7, 11) is 0. The number of halogens is 3. The Morgan fingerprint density at radius 1 is 1.22 bits per heavy atom. The Kier molecular flexibility index (Phi) is 4.92. The van der Waals surface area contributed by atoms with Crippen molar-refractivity contribution >= 4 is 11.9 Å². The number of hydrogen-bond donors (Lipinski definition) is 1. The van der Waals surface area contributed by atoms with E-state index in [4.69, 9.17) is 4.52 Å². The summed E-state index contributed by atoms with van der Waals surface area (Å²) in [6, 6.07) is 6.04. The number of carbonyl (C=O) groups excluding carboxylic acids is 1. The van der Waals surface area contributed by atoms with E-state index in [0.717, 1.165) is 24.2 Å². The van der Waals surface area contributed by atoms with E-state index in [9.17, 15) is 18.0 Å². The van der Waals surface area contributed by atoms with Crippen molar-refractivity contribution in [1.29, 1.82) is 0 Å². The van der Waals surface area contributed by atoms with Gasteiger partial charge in [0.05, 0.1) is 17.3 Å². The number of likely N-dealkylation sites (tertiary alicyclic amines) is 1. The van der Waals surface area contributed by atoms with E-state index in [0.29, 0.717) is 18.5 Å². The van der Waals surface area contributed by atoms with Gasteiger partial charge in [-0.05, 0) is 30.5 Å². The van der Waals surface area contributed by atoms with Gasteiger partial charge in [-0.25, -0.2) is 4.79 Å². The number of nitrogens with one attached hydrogen (secondary N) is 1. The van der Waals surface area contributed by atoms with Crippen LogP contribution in [0.4, 0.5) is 23.8 Å². The SMILES string of the molecule is CC(C)(C)c1cc(NC(=O)N2CCCC2c2ccc(C(F)(F)F)cc2)on1. The molecule has 1 aromatic carbocycles. The molecule has 1 fully saturated rings. The van der Waals surface area contributed by atoms with Gasteiger partial charge in [0.25, 0.3) is 0 Å². The summed E-state index contributed by atoms with van der Waals surface area (Å²) < 4.78 is 43.4. The van der Waals surface area contributed by atoms with Crippen molar-refractivity contribution in [2.45, 2.75) is 51.2 Å². The molecule has 0 spiro atoms. The molecule has 1 aromatic heterocycles. The number of urea groups is 1. The second-order valence-electron chi connectivity index (χ2n) is 7.73. The van der Waals surface area contributed by atoms with Gasteiger partial charge >= 0.3 is 12.2 Å². The first kappa shape index (κ1) is 19.3. The zero-order valence-corrected chi connectivity index (χ0v) is 15.4. The monoisotopic (exact) mass is 381 g/mol. The highest BCUT2D eigenvalue weighted by Crippen LogP contribution is 2.35. The van der Waals surface area contributed by atoms with Gasteiger partial charge in [-0.3, -0.25) is 5.32 Å². The average Bonchev–Trinajstić information content (AvgIpc) is 3.22. The van der Waals surface area contributed by atoms with Gasteiger partial charge in [0.2, 0.25) is 5.88 Å². The van der Waals surface area contributed by atoms with Crippen molar-refractivity contribution < 1.29 is 22.5 Å². The highest BCUT2D eigenvalue weighted by molar-refractivity contribution is 5.88. The molecule has 2 heterocycles. The van der Waals surface area contributed by atoms with Gasteiger partial charge in [-0.2, -0.15) is 13.2 Å². The molecule has 1 saturated heterocycles. The second-order valence-corrected chi connectivity index (χ2v) is 7.73. The topological polar surface area (TPSA) is 58.4 Å². The van der Waals surface area contributed by atoms with Crippen LogP contribution in [0, 0.1) is 0 Å². The van der Waals surface area contributed by atoms with Crippen LogP contribution in [0.2, 0.25) is 0 Å². The van der Waals surface area contributed by atoms with Crippen molar-refractivity contribution in [3.8, 4) is 0 Å². The van der Waals surface area contributed by atoms with Crippen molar-refractivity contribution in [2.75, 3.05) is 11.9 Å². The van der Waals surface area contributed by atoms with E-state index in [-0.39, 0.29) is 23.4 Å². The fourth-order valence-corrected chi connectivity index (χ4v) is 3.12. The highest BCUT2D eigenvalue weighted by Gasteiger charge is 2.33. The first-order valence-corrected chi connectivity index (χ1v) is 8.78. The minimum Gasteiger partial charge on any atom is -0.338 e. The number of aromatic nitrogens is 1. The first-order chi connectivity index (χ1) is 12.6. The maximum Gasteiger partial charge on any atom is 0.416 e. The van der Waals surface area contributed by atoms with Gasteiger partial charge < -0.3 is 9.42 Å². The molecule has 1 N–H and O–H groups in total. The maximum atomic E-state index is 12.7. The molecule has 146 valence electrons. The summed E-state index contributed by atoms with van der Waals surface area (Å²) in [6.45, 7) is 6.48. The van der Waals surface area contributed by atoms with Crippen LogP contribution >= 0.6 is 0 Å². The van der Waals surface area contributed by atoms with Crippen molar-refractivity contribution in [1.82, 2.24) is 10.1 Å². The Morgan fingerprint density at radius 3 is 2.44 bits per heavy atom. The van der Waals surface area contributed by atoms with E-state index in [1.807, 2.05) is 20.8 Å². The standard InChI is InChI=1S/C19H22F3N3O2/c1-18(2,3)15-11-16(27-24-15)23-17(26)25-10-4-5-14(25)12-6-8-13(9-7-12)19(20,21)22/h6-9,11,14H,4-5,10H2,1-3H3,(H,23,26). The lowest BCUT2D eigenvalue weighted by atomic mass is 9.92. The number of amides is 2. The maximum absolute atomic E-state index is 12.7. The molecule has 0 aliphatic carbocycles. The predicted octanol–water partition coefficient (Wildman–Crippen LogP) is 5.36. The van der Waals surface area contributed by atoms with Gasteiger partial charge in [0, 0.05) is 18.0 Å². The Bertz CT molecular complexity index is 807. The fraction of sp³-hybridized carbons (Fsp3) is 0.474. The molecule has 27 heavy (non-hydrogen) atoms. The number of nitrogens with zero attached hydrogens (tertiary/aromatic N) is 2. The number of anilines is 1. The summed E-state index contributed by atoms with van der Waals surface area (Å²) in [6.07, 6.45) is -2.90. The highest BCUT2D eigenvalue weighted by atomic mass is 19.4. The van der Waals surface area contributed by atoms with Crippen LogP contribution in [0.15, 0.2) is 34.9 Å². The lowest BCUT2D eigenvalue weighted by molar-refractivity contribution is -0.137. The number of carbonyl (C=O) groups is 1. The number of benzene rings is 1. The molecule has 1 unspecified atom stereocenters. The zero-order valence-electron chi connectivity index (χ0n) is 15.4. The number of alkyl halides is 3. The molecule has 1 atom stereocenters. The summed E-state index contributed by atoms with van der Waals surface area (Å²) in [5, 5.41) is 6.65. The Hall–Kier alpha value is -2.51. The quantitative estimate of drug-likeness (QED) is 0.762. The Balaban J connectivity index is 1.72. The fourth-order valence-electron chi connectivity index (χ4n) is 3.12. The smallest absolute Gasteiger partial charge is 0.338 e. The molecule has 0 saturated carbocycles. The third-order valence-electron chi connectivity index (χ3n) is 4.65. The molecule has 8 heteroatoms.